The summed E-state index contributed by atoms with van der Waals surface area (Å²) in [6.07, 6.45) is 3.73. The van der Waals surface area contributed by atoms with Crippen LogP contribution in [0.15, 0.2) is 24.3 Å². The number of ether oxygens (including phenoxy) is 1. The van der Waals surface area contributed by atoms with Gasteiger partial charge in [0.1, 0.15) is 5.75 Å². The van der Waals surface area contributed by atoms with Crippen molar-refractivity contribution in [3.05, 3.63) is 29.8 Å². The molecule has 0 fully saturated rings. The third-order valence-corrected chi connectivity index (χ3v) is 3.61. The highest BCUT2D eigenvalue weighted by molar-refractivity contribution is 5.29. The normalized spacial score (nSPS) is 14.1. The summed E-state index contributed by atoms with van der Waals surface area (Å²) in [6, 6.07) is 8.58. The summed E-state index contributed by atoms with van der Waals surface area (Å²) in [5.41, 5.74) is 1.40. The monoisotopic (exact) mass is 263 g/mol. The van der Waals surface area contributed by atoms with E-state index < -0.39 is 0 Å². The molecule has 1 N–H and O–H groups in total. The minimum atomic E-state index is 0.285. The lowest BCUT2D eigenvalue weighted by molar-refractivity contribution is 0.207. The third-order valence-electron chi connectivity index (χ3n) is 3.61. The largest absolute Gasteiger partial charge is 0.491 e. The SMILES string of the molecule is CCNCCCC(C)Oc1ccc(C(C)CC)cc1. The number of rotatable bonds is 9. The second-order valence-electron chi connectivity index (χ2n) is 5.30. The Morgan fingerprint density at radius 3 is 2.37 bits per heavy atom. The van der Waals surface area contributed by atoms with E-state index in [0.717, 1.165) is 25.3 Å². The van der Waals surface area contributed by atoms with Gasteiger partial charge in [-0.05, 0) is 62.9 Å². The fraction of sp³-hybridized carbons (Fsp3) is 0.647. The molecule has 0 bridgehead atoms. The van der Waals surface area contributed by atoms with Gasteiger partial charge in [0, 0.05) is 0 Å². The molecule has 2 nitrogen and oxygen atoms in total. The van der Waals surface area contributed by atoms with Gasteiger partial charge < -0.3 is 10.1 Å². The lowest BCUT2D eigenvalue weighted by Gasteiger charge is -2.16. The second-order valence-corrected chi connectivity index (χ2v) is 5.30. The highest BCUT2D eigenvalue weighted by atomic mass is 16.5. The van der Waals surface area contributed by atoms with Crippen LogP contribution in [0, 0.1) is 0 Å². The quantitative estimate of drug-likeness (QED) is 0.668. The van der Waals surface area contributed by atoms with Gasteiger partial charge in [-0.2, -0.15) is 0 Å². The third kappa shape index (κ3) is 6.11. The summed E-state index contributed by atoms with van der Waals surface area (Å²) in [5.74, 6) is 1.62. The van der Waals surface area contributed by atoms with Crippen molar-refractivity contribution in [1.82, 2.24) is 5.32 Å². The Balaban J connectivity index is 2.36. The zero-order chi connectivity index (χ0) is 14.1. The van der Waals surface area contributed by atoms with E-state index in [1.165, 1.54) is 18.4 Å². The lowest BCUT2D eigenvalue weighted by atomic mass is 9.99. The molecule has 0 amide bonds. The summed E-state index contributed by atoms with van der Waals surface area (Å²) >= 11 is 0. The van der Waals surface area contributed by atoms with Crippen molar-refractivity contribution in [2.24, 2.45) is 0 Å². The van der Waals surface area contributed by atoms with Gasteiger partial charge in [-0.25, -0.2) is 0 Å². The molecule has 19 heavy (non-hydrogen) atoms. The maximum absolute atomic E-state index is 5.94. The van der Waals surface area contributed by atoms with Gasteiger partial charge in [0.2, 0.25) is 0 Å². The summed E-state index contributed by atoms with van der Waals surface area (Å²) in [4.78, 5) is 0. The van der Waals surface area contributed by atoms with Crippen LogP contribution < -0.4 is 10.1 Å². The van der Waals surface area contributed by atoms with E-state index in [4.69, 9.17) is 4.74 Å². The molecule has 0 spiro atoms. The average Bonchev–Trinajstić information content (AvgIpc) is 2.43. The molecule has 2 atom stereocenters. The van der Waals surface area contributed by atoms with Crippen molar-refractivity contribution < 1.29 is 4.74 Å². The van der Waals surface area contributed by atoms with Gasteiger partial charge in [-0.1, -0.05) is 32.9 Å². The van der Waals surface area contributed by atoms with Crippen LogP contribution in [0.2, 0.25) is 0 Å². The number of hydrogen-bond donors (Lipinski definition) is 1. The van der Waals surface area contributed by atoms with Gasteiger partial charge in [-0.3, -0.25) is 0 Å². The Kier molecular flexibility index (Phi) is 7.57. The van der Waals surface area contributed by atoms with E-state index in [1.54, 1.807) is 0 Å². The first-order chi connectivity index (χ1) is 9.17. The van der Waals surface area contributed by atoms with Crippen LogP contribution in [0.4, 0.5) is 0 Å². The van der Waals surface area contributed by atoms with E-state index in [2.05, 4.69) is 57.3 Å². The molecule has 1 aromatic rings. The zero-order valence-corrected chi connectivity index (χ0v) is 12.9. The van der Waals surface area contributed by atoms with Crippen LogP contribution in [-0.2, 0) is 0 Å². The number of nitrogens with one attached hydrogen (secondary N) is 1. The maximum Gasteiger partial charge on any atom is 0.119 e. The van der Waals surface area contributed by atoms with E-state index >= 15 is 0 Å². The van der Waals surface area contributed by atoms with Crippen LogP contribution in [0.1, 0.15) is 58.4 Å². The van der Waals surface area contributed by atoms with Crippen LogP contribution in [0.5, 0.6) is 5.75 Å². The molecule has 0 aliphatic heterocycles. The van der Waals surface area contributed by atoms with E-state index in [9.17, 15) is 0 Å². The standard InChI is InChI=1S/C17H29NO/c1-5-14(3)16-9-11-17(12-10-16)19-15(4)8-7-13-18-6-2/h9-12,14-15,18H,5-8,13H2,1-4H3. The molecule has 0 saturated heterocycles. The van der Waals surface area contributed by atoms with Gasteiger partial charge in [0.05, 0.1) is 6.10 Å². The van der Waals surface area contributed by atoms with Gasteiger partial charge in [-0.15, -0.1) is 0 Å². The minimum absolute atomic E-state index is 0.285. The van der Waals surface area contributed by atoms with Crippen LogP contribution in [-0.4, -0.2) is 19.2 Å². The minimum Gasteiger partial charge on any atom is -0.491 e. The molecule has 1 aromatic carbocycles. The predicted octanol–water partition coefficient (Wildman–Crippen LogP) is 4.36. The highest BCUT2D eigenvalue weighted by Gasteiger charge is 2.06. The first kappa shape index (κ1) is 16.0. The Morgan fingerprint density at radius 2 is 1.79 bits per heavy atom. The van der Waals surface area contributed by atoms with Crippen molar-refractivity contribution in [3.63, 3.8) is 0 Å². The summed E-state index contributed by atoms with van der Waals surface area (Å²) < 4.78 is 5.94. The van der Waals surface area contributed by atoms with Crippen molar-refractivity contribution in [1.29, 1.82) is 0 Å². The first-order valence-corrected chi connectivity index (χ1v) is 7.64. The molecule has 0 aliphatic rings. The molecule has 1 rings (SSSR count). The summed E-state index contributed by atoms with van der Waals surface area (Å²) in [5, 5.41) is 3.34. The molecule has 0 saturated carbocycles. The smallest absolute Gasteiger partial charge is 0.119 e. The lowest BCUT2D eigenvalue weighted by Crippen LogP contribution is -2.18. The number of hydrogen-bond acceptors (Lipinski definition) is 2. The first-order valence-electron chi connectivity index (χ1n) is 7.64. The van der Waals surface area contributed by atoms with Crippen molar-refractivity contribution >= 4 is 0 Å². The second kappa shape index (κ2) is 8.98. The maximum atomic E-state index is 5.94. The molecule has 0 radical (unpaired) electrons. The van der Waals surface area contributed by atoms with Crippen LogP contribution in [0.3, 0.4) is 0 Å². The van der Waals surface area contributed by atoms with Gasteiger partial charge >= 0.3 is 0 Å². The Bertz CT molecular complexity index is 334. The molecule has 2 heteroatoms. The molecule has 0 aliphatic carbocycles. The van der Waals surface area contributed by atoms with E-state index in [-0.39, 0.29) is 6.10 Å². The Hall–Kier alpha value is -1.02. The zero-order valence-electron chi connectivity index (χ0n) is 12.9. The summed E-state index contributed by atoms with van der Waals surface area (Å²) in [7, 11) is 0. The fourth-order valence-corrected chi connectivity index (χ4v) is 2.09. The molecule has 0 aromatic heterocycles. The Labute approximate surface area is 118 Å². The average molecular weight is 263 g/mol. The summed E-state index contributed by atoms with van der Waals surface area (Å²) in [6.45, 7) is 10.9. The topological polar surface area (TPSA) is 21.3 Å². The van der Waals surface area contributed by atoms with Crippen LogP contribution in [0.25, 0.3) is 0 Å². The highest BCUT2D eigenvalue weighted by Crippen LogP contribution is 2.22. The molecule has 108 valence electrons. The predicted molar refractivity (Wildman–Crippen MR) is 83.0 cm³/mol. The fourth-order valence-electron chi connectivity index (χ4n) is 2.09. The van der Waals surface area contributed by atoms with E-state index in [1.807, 2.05) is 0 Å². The van der Waals surface area contributed by atoms with Crippen LogP contribution >= 0.6 is 0 Å². The van der Waals surface area contributed by atoms with Gasteiger partial charge in [0.25, 0.3) is 0 Å². The van der Waals surface area contributed by atoms with Crippen molar-refractivity contribution in [2.75, 3.05) is 13.1 Å². The van der Waals surface area contributed by atoms with Gasteiger partial charge in [0.15, 0.2) is 0 Å². The Morgan fingerprint density at radius 1 is 1.11 bits per heavy atom. The van der Waals surface area contributed by atoms with E-state index in [0.29, 0.717) is 5.92 Å². The number of benzene rings is 1. The molecular weight excluding hydrogens is 234 g/mol. The van der Waals surface area contributed by atoms with Crippen molar-refractivity contribution in [3.8, 4) is 5.75 Å². The van der Waals surface area contributed by atoms with Crippen molar-refractivity contribution in [2.45, 2.75) is 59.0 Å². The molecule has 0 heterocycles. The molecular formula is C17H29NO. The molecule has 2 unspecified atom stereocenters.